The summed E-state index contributed by atoms with van der Waals surface area (Å²) in [5.41, 5.74) is 3.45. The first kappa shape index (κ1) is 13.9. The molecule has 102 valence electrons. The van der Waals surface area contributed by atoms with Crippen molar-refractivity contribution in [3.63, 3.8) is 0 Å². The number of carbonyl (C=O) groups is 1. The second-order valence-corrected chi connectivity index (χ2v) is 5.43. The van der Waals surface area contributed by atoms with Crippen LogP contribution in [0.25, 0.3) is 0 Å². The van der Waals surface area contributed by atoms with E-state index in [9.17, 15) is 4.79 Å². The highest BCUT2D eigenvalue weighted by Gasteiger charge is 2.19. The monoisotopic (exact) mass is 280 g/mol. The molecule has 2 aromatic heterocycles. The SMILES string of the molecule is Cc1cc(Cn2c(C)cc(C(=O)C(C)Cl)c2C)no1. The lowest BCUT2D eigenvalue weighted by molar-refractivity contribution is 0.0991. The van der Waals surface area contributed by atoms with Gasteiger partial charge in [-0.1, -0.05) is 5.16 Å². The molecule has 0 spiro atoms. The fourth-order valence-corrected chi connectivity index (χ4v) is 2.28. The predicted molar refractivity (Wildman–Crippen MR) is 73.9 cm³/mol. The zero-order valence-corrected chi connectivity index (χ0v) is 12.3. The second kappa shape index (κ2) is 5.21. The highest BCUT2D eigenvalue weighted by atomic mass is 35.5. The average Bonchev–Trinajstić information content (AvgIpc) is 2.87. The van der Waals surface area contributed by atoms with Crippen LogP contribution in [0.15, 0.2) is 16.7 Å². The lowest BCUT2D eigenvalue weighted by atomic mass is 10.1. The molecule has 1 unspecified atom stereocenters. The fraction of sp³-hybridized carbons (Fsp3) is 0.429. The van der Waals surface area contributed by atoms with Crippen LogP contribution in [0.4, 0.5) is 0 Å². The van der Waals surface area contributed by atoms with E-state index in [-0.39, 0.29) is 5.78 Å². The van der Waals surface area contributed by atoms with Crippen molar-refractivity contribution in [1.29, 1.82) is 0 Å². The molecule has 2 rings (SSSR count). The average molecular weight is 281 g/mol. The third kappa shape index (κ3) is 2.73. The van der Waals surface area contributed by atoms with Crippen LogP contribution in [0.1, 0.15) is 40.1 Å². The van der Waals surface area contributed by atoms with Crippen molar-refractivity contribution in [2.75, 3.05) is 0 Å². The van der Waals surface area contributed by atoms with Crippen LogP contribution >= 0.6 is 11.6 Å². The van der Waals surface area contributed by atoms with E-state index in [0.29, 0.717) is 12.1 Å². The summed E-state index contributed by atoms with van der Waals surface area (Å²) in [6.45, 7) is 8.04. The Morgan fingerprint density at radius 3 is 2.63 bits per heavy atom. The highest BCUT2D eigenvalue weighted by molar-refractivity contribution is 6.33. The smallest absolute Gasteiger partial charge is 0.182 e. The molecule has 0 aromatic carbocycles. The number of hydrogen-bond acceptors (Lipinski definition) is 3. The van der Waals surface area contributed by atoms with E-state index in [0.717, 1.165) is 22.8 Å². The highest BCUT2D eigenvalue weighted by Crippen LogP contribution is 2.20. The Balaban J connectivity index is 2.34. The van der Waals surface area contributed by atoms with E-state index in [2.05, 4.69) is 5.16 Å². The molecule has 19 heavy (non-hydrogen) atoms. The molecule has 5 heteroatoms. The molecule has 2 aromatic rings. The van der Waals surface area contributed by atoms with Crippen LogP contribution in [-0.4, -0.2) is 20.9 Å². The molecule has 0 amide bonds. The van der Waals surface area contributed by atoms with Gasteiger partial charge in [0, 0.05) is 23.0 Å². The summed E-state index contributed by atoms with van der Waals surface area (Å²) in [7, 11) is 0. The maximum atomic E-state index is 12.0. The lowest BCUT2D eigenvalue weighted by Crippen LogP contribution is -2.12. The number of aromatic nitrogens is 2. The van der Waals surface area contributed by atoms with Gasteiger partial charge in [0.25, 0.3) is 0 Å². The third-order valence-corrected chi connectivity index (χ3v) is 3.40. The maximum absolute atomic E-state index is 12.0. The number of ketones is 1. The summed E-state index contributed by atoms with van der Waals surface area (Å²) in [6.07, 6.45) is 0. The first-order chi connectivity index (χ1) is 8.90. The van der Waals surface area contributed by atoms with E-state index in [4.69, 9.17) is 16.1 Å². The topological polar surface area (TPSA) is 48.0 Å². The molecule has 0 saturated carbocycles. The van der Waals surface area contributed by atoms with Gasteiger partial charge in [-0.2, -0.15) is 0 Å². The van der Waals surface area contributed by atoms with Crippen LogP contribution in [0.5, 0.6) is 0 Å². The number of carbonyl (C=O) groups excluding carboxylic acids is 1. The molecule has 1 atom stereocenters. The summed E-state index contributed by atoms with van der Waals surface area (Å²) in [5.74, 6) is 0.737. The Kier molecular flexibility index (Phi) is 3.80. The summed E-state index contributed by atoms with van der Waals surface area (Å²) in [6, 6.07) is 3.77. The molecule has 0 radical (unpaired) electrons. The van der Waals surface area contributed by atoms with Gasteiger partial charge in [0.1, 0.15) is 11.5 Å². The first-order valence-electron chi connectivity index (χ1n) is 6.17. The van der Waals surface area contributed by atoms with Gasteiger partial charge in [-0.15, -0.1) is 11.6 Å². The molecule has 0 aliphatic heterocycles. The third-order valence-electron chi connectivity index (χ3n) is 3.20. The number of aryl methyl sites for hydroxylation is 2. The number of hydrogen-bond donors (Lipinski definition) is 0. The minimum atomic E-state index is -0.511. The minimum Gasteiger partial charge on any atom is -0.361 e. The largest absolute Gasteiger partial charge is 0.361 e. The number of nitrogens with zero attached hydrogens (tertiary/aromatic N) is 2. The van der Waals surface area contributed by atoms with Gasteiger partial charge in [-0.05, 0) is 33.8 Å². The van der Waals surface area contributed by atoms with Crippen molar-refractivity contribution in [2.45, 2.75) is 39.6 Å². The molecule has 4 nitrogen and oxygen atoms in total. The molecule has 0 bridgehead atoms. The van der Waals surface area contributed by atoms with Crippen LogP contribution in [0, 0.1) is 20.8 Å². The molecule has 0 aliphatic carbocycles. The summed E-state index contributed by atoms with van der Waals surface area (Å²) >= 11 is 5.87. The zero-order valence-electron chi connectivity index (χ0n) is 11.5. The first-order valence-corrected chi connectivity index (χ1v) is 6.61. The van der Waals surface area contributed by atoms with Crippen LogP contribution in [0.2, 0.25) is 0 Å². The van der Waals surface area contributed by atoms with Crippen molar-refractivity contribution in [3.05, 3.63) is 40.5 Å². The molecule has 0 aliphatic rings. The summed E-state index contributed by atoms with van der Waals surface area (Å²) < 4.78 is 7.10. The molecule has 0 saturated heterocycles. The van der Waals surface area contributed by atoms with Gasteiger partial charge in [-0.3, -0.25) is 4.79 Å². The van der Waals surface area contributed by atoms with Crippen LogP contribution in [-0.2, 0) is 6.54 Å². The molecule has 0 fully saturated rings. The summed E-state index contributed by atoms with van der Waals surface area (Å²) in [4.78, 5) is 12.0. The number of Topliss-reactive ketones (excluding diaryl/α,β-unsaturated/α-hetero) is 1. The van der Waals surface area contributed by atoms with Gasteiger partial charge in [0.2, 0.25) is 0 Å². The standard InChI is InChI=1S/C14H17ClN2O2/c1-8-5-13(14(18)10(3)15)11(4)17(8)7-12-6-9(2)19-16-12/h5-6,10H,7H2,1-4H3. The minimum absolute atomic E-state index is 0.0441. The van der Waals surface area contributed by atoms with E-state index in [1.165, 1.54) is 0 Å². The fourth-order valence-electron chi connectivity index (χ4n) is 2.16. The van der Waals surface area contributed by atoms with Crippen molar-refractivity contribution in [1.82, 2.24) is 9.72 Å². The van der Waals surface area contributed by atoms with Gasteiger partial charge in [0.15, 0.2) is 5.78 Å². The van der Waals surface area contributed by atoms with Gasteiger partial charge in [0.05, 0.1) is 11.9 Å². The van der Waals surface area contributed by atoms with Gasteiger partial charge < -0.3 is 9.09 Å². The van der Waals surface area contributed by atoms with Gasteiger partial charge >= 0.3 is 0 Å². The van der Waals surface area contributed by atoms with Crippen LogP contribution in [0.3, 0.4) is 0 Å². The Labute approximate surface area is 117 Å². The van der Waals surface area contributed by atoms with Gasteiger partial charge in [-0.25, -0.2) is 0 Å². The van der Waals surface area contributed by atoms with Crippen molar-refractivity contribution >= 4 is 17.4 Å². The zero-order chi connectivity index (χ0) is 14.2. The Morgan fingerprint density at radius 1 is 1.42 bits per heavy atom. The molecule has 0 N–H and O–H groups in total. The van der Waals surface area contributed by atoms with Crippen molar-refractivity contribution in [3.8, 4) is 0 Å². The molecular formula is C14H17ClN2O2. The summed E-state index contributed by atoms with van der Waals surface area (Å²) in [5, 5.41) is 3.46. The van der Waals surface area contributed by atoms with Crippen LogP contribution < -0.4 is 0 Å². The van der Waals surface area contributed by atoms with E-state index in [1.54, 1.807) is 6.92 Å². The molecule has 2 heterocycles. The predicted octanol–water partition coefficient (Wildman–Crippen LogP) is 3.26. The van der Waals surface area contributed by atoms with Crippen molar-refractivity contribution < 1.29 is 9.32 Å². The van der Waals surface area contributed by atoms with E-state index < -0.39 is 5.38 Å². The number of rotatable bonds is 4. The van der Waals surface area contributed by atoms with E-state index >= 15 is 0 Å². The Morgan fingerprint density at radius 2 is 2.11 bits per heavy atom. The van der Waals surface area contributed by atoms with Crippen molar-refractivity contribution in [2.24, 2.45) is 0 Å². The number of alkyl halides is 1. The quantitative estimate of drug-likeness (QED) is 0.638. The second-order valence-electron chi connectivity index (χ2n) is 4.78. The van der Waals surface area contributed by atoms with E-state index in [1.807, 2.05) is 37.5 Å². The lowest BCUT2D eigenvalue weighted by Gasteiger charge is -2.07. The Bertz CT molecular complexity index is 611. The number of halogens is 1. The maximum Gasteiger partial charge on any atom is 0.182 e. The molecular weight excluding hydrogens is 264 g/mol. The Hall–Kier alpha value is -1.55. The normalized spacial score (nSPS) is 12.7.